The predicted molar refractivity (Wildman–Crippen MR) is 71.6 cm³/mol. The molecule has 2 unspecified atom stereocenters. The van der Waals surface area contributed by atoms with Crippen molar-refractivity contribution in [1.29, 1.82) is 5.26 Å². The Morgan fingerprint density at radius 2 is 2.09 bits per heavy atom. The van der Waals surface area contributed by atoms with Gasteiger partial charge in [-0.2, -0.15) is 5.26 Å². The zero-order chi connectivity index (χ0) is 16.5. The SMILES string of the molecule is CC1(C)C(/C=C\C#N)C1C(=O)OCc1cc(F)cc(F)c1F. The molecule has 116 valence electrons. The van der Waals surface area contributed by atoms with E-state index in [1.807, 2.05) is 19.9 Å². The number of ether oxygens (including phenoxy) is 1. The fraction of sp³-hybridized carbons (Fsp3) is 0.375. The van der Waals surface area contributed by atoms with Gasteiger partial charge in [0.2, 0.25) is 0 Å². The van der Waals surface area contributed by atoms with Crippen molar-refractivity contribution in [2.75, 3.05) is 0 Å². The molecule has 0 amide bonds. The first-order valence-corrected chi connectivity index (χ1v) is 6.65. The zero-order valence-electron chi connectivity index (χ0n) is 12.1. The molecule has 2 rings (SSSR count). The Morgan fingerprint density at radius 3 is 2.73 bits per heavy atom. The Kier molecular flexibility index (Phi) is 4.27. The third kappa shape index (κ3) is 2.98. The van der Waals surface area contributed by atoms with Crippen molar-refractivity contribution < 1.29 is 22.7 Å². The number of esters is 1. The van der Waals surface area contributed by atoms with Crippen LogP contribution in [0, 0.1) is 46.0 Å². The van der Waals surface area contributed by atoms with Gasteiger partial charge in [-0.15, -0.1) is 0 Å². The minimum absolute atomic E-state index is 0.145. The van der Waals surface area contributed by atoms with Crippen LogP contribution in [0.2, 0.25) is 0 Å². The molecule has 0 radical (unpaired) electrons. The number of nitrogens with zero attached hydrogens (tertiary/aromatic N) is 1. The van der Waals surface area contributed by atoms with Crippen molar-refractivity contribution in [2.24, 2.45) is 17.3 Å². The van der Waals surface area contributed by atoms with E-state index in [9.17, 15) is 18.0 Å². The van der Waals surface area contributed by atoms with Crippen LogP contribution < -0.4 is 0 Å². The summed E-state index contributed by atoms with van der Waals surface area (Å²) in [6.07, 6.45) is 2.91. The van der Waals surface area contributed by atoms with Crippen LogP contribution in [0.3, 0.4) is 0 Å². The third-order valence-electron chi connectivity index (χ3n) is 3.98. The summed E-state index contributed by atoms with van der Waals surface area (Å²) in [4.78, 5) is 12.0. The lowest BCUT2D eigenvalue weighted by atomic mass is 10.1. The maximum absolute atomic E-state index is 13.5. The van der Waals surface area contributed by atoms with E-state index in [0.29, 0.717) is 6.07 Å². The summed E-state index contributed by atoms with van der Waals surface area (Å²) < 4.78 is 44.5. The number of nitriles is 1. The van der Waals surface area contributed by atoms with E-state index < -0.39 is 35.9 Å². The van der Waals surface area contributed by atoms with Gasteiger partial charge in [0, 0.05) is 17.7 Å². The lowest BCUT2D eigenvalue weighted by molar-refractivity contribution is -0.147. The maximum atomic E-state index is 13.5. The van der Waals surface area contributed by atoms with Gasteiger partial charge >= 0.3 is 5.97 Å². The average molecular weight is 309 g/mol. The molecule has 1 aliphatic carbocycles. The van der Waals surface area contributed by atoms with E-state index in [-0.39, 0.29) is 16.9 Å². The number of carbonyl (C=O) groups excluding carboxylic acids is 1. The first-order valence-electron chi connectivity index (χ1n) is 6.65. The van der Waals surface area contributed by atoms with E-state index >= 15 is 0 Å². The molecule has 22 heavy (non-hydrogen) atoms. The Bertz CT molecular complexity index is 677. The molecule has 0 saturated heterocycles. The number of hydrogen-bond donors (Lipinski definition) is 0. The summed E-state index contributed by atoms with van der Waals surface area (Å²) in [6, 6.07) is 3.06. The highest BCUT2D eigenvalue weighted by Gasteiger charge is 2.61. The molecule has 6 heteroatoms. The number of halogens is 3. The Hall–Kier alpha value is -2.29. The highest BCUT2D eigenvalue weighted by Crippen LogP contribution is 2.59. The summed E-state index contributed by atoms with van der Waals surface area (Å²) in [5.74, 6) is -4.68. The Morgan fingerprint density at radius 1 is 1.41 bits per heavy atom. The van der Waals surface area contributed by atoms with Gasteiger partial charge < -0.3 is 4.74 Å². The van der Waals surface area contributed by atoms with E-state index in [2.05, 4.69) is 0 Å². The maximum Gasteiger partial charge on any atom is 0.310 e. The van der Waals surface area contributed by atoms with Crippen LogP contribution >= 0.6 is 0 Å². The van der Waals surface area contributed by atoms with Gasteiger partial charge in [0.05, 0.1) is 12.0 Å². The molecule has 0 bridgehead atoms. The van der Waals surface area contributed by atoms with Crippen molar-refractivity contribution in [3.8, 4) is 6.07 Å². The Labute approximate surface area is 126 Å². The van der Waals surface area contributed by atoms with E-state index in [0.717, 1.165) is 6.07 Å². The minimum Gasteiger partial charge on any atom is -0.460 e. The lowest BCUT2D eigenvalue weighted by Gasteiger charge is -2.07. The molecular formula is C16H14F3NO2. The van der Waals surface area contributed by atoms with Gasteiger partial charge in [-0.3, -0.25) is 4.79 Å². The van der Waals surface area contributed by atoms with Crippen molar-refractivity contribution >= 4 is 5.97 Å². The molecule has 0 spiro atoms. The highest BCUT2D eigenvalue weighted by molar-refractivity contribution is 5.78. The first-order chi connectivity index (χ1) is 10.3. The second-order valence-corrected chi connectivity index (χ2v) is 5.78. The second-order valence-electron chi connectivity index (χ2n) is 5.78. The van der Waals surface area contributed by atoms with Crippen LogP contribution in [0.5, 0.6) is 0 Å². The van der Waals surface area contributed by atoms with Crippen LogP contribution in [0.1, 0.15) is 19.4 Å². The molecule has 1 aromatic rings. The molecule has 3 nitrogen and oxygen atoms in total. The number of carbonyl (C=O) groups is 1. The second kappa shape index (κ2) is 5.84. The first kappa shape index (κ1) is 16.1. The molecule has 0 aliphatic heterocycles. The number of hydrogen-bond acceptors (Lipinski definition) is 3. The summed E-state index contributed by atoms with van der Waals surface area (Å²) in [7, 11) is 0. The van der Waals surface area contributed by atoms with Crippen molar-refractivity contribution in [3.63, 3.8) is 0 Å². The normalized spacial score (nSPS) is 22.4. The molecule has 0 N–H and O–H groups in total. The van der Waals surface area contributed by atoms with Crippen LogP contribution in [-0.2, 0) is 16.1 Å². The molecule has 0 aromatic heterocycles. The topological polar surface area (TPSA) is 50.1 Å². The quantitative estimate of drug-likeness (QED) is 0.486. The van der Waals surface area contributed by atoms with Crippen LogP contribution in [0.25, 0.3) is 0 Å². The van der Waals surface area contributed by atoms with Gasteiger partial charge in [-0.05, 0) is 17.4 Å². The molecule has 1 saturated carbocycles. The summed E-state index contributed by atoms with van der Waals surface area (Å²) in [5, 5.41) is 8.51. The van der Waals surface area contributed by atoms with Gasteiger partial charge in [-0.1, -0.05) is 19.9 Å². The monoisotopic (exact) mass is 309 g/mol. The predicted octanol–water partition coefficient (Wildman–Crippen LogP) is 3.50. The summed E-state index contributed by atoms with van der Waals surface area (Å²) in [6.45, 7) is 3.14. The smallest absolute Gasteiger partial charge is 0.310 e. The van der Waals surface area contributed by atoms with Crippen molar-refractivity contribution in [2.45, 2.75) is 20.5 Å². The average Bonchev–Trinajstić information content (AvgIpc) is 2.99. The fourth-order valence-electron chi connectivity index (χ4n) is 2.59. The molecule has 0 heterocycles. The largest absolute Gasteiger partial charge is 0.460 e. The van der Waals surface area contributed by atoms with Gasteiger partial charge in [0.1, 0.15) is 12.4 Å². The lowest BCUT2D eigenvalue weighted by Crippen LogP contribution is -2.12. The van der Waals surface area contributed by atoms with Crippen molar-refractivity contribution in [1.82, 2.24) is 0 Å². The summed E-state index contributed by atoms with van der Waals surface area (Å²) in [5.41, 5.74) is -0.718. The van der Waals surface area contributed by atoms with Crippen molar-refractivity contribution in [3.05, 3.63) is 47.3 Å². The molecular weight excluding hydrogens is 295 g/mol. The third-order valence-corrected chi connectivity index (χ3v) is 3.98. The molecule has 1 fully saturated rings. The van der Waals surface area contributed by atoms with Crippen LogP contribution in [-0.4, -0.2) is 5.97 Å². The molecule has 1 aliphatic rings. The number of allylic oxidation sites excluding steroid dienone is 2. The van der Waals surface area contributed by atoms with E-state index in [4.69, 9.17) is 10.00 Å². The Balaban J connectivity index is 2.03. The zero-order valence-corrected chi connectivity index (χ0v) is 12.1. The van der Waals surface area contributed by atoms with Crippen LogP contribution in [0.4, 0.5) is 13.2 Å². The number of rotatable bonds is 4. The van der Waals surface area contributed by atoms with E-state index in [1.165, 1.54) is 6.08 Å². The summed E-state index contributed by atoms with van der Waals surface area (Å²) >= 11 is 0. The van der Waals surface area contributed by atoms with Crippen LogP contribution in [0.15, 0.2) is 24.3 Å². The van der Waals surface area contributed by atoms with Gasteiger partial charge in [0.15, 0.2) is 11.6 Å². The fourth-order valence-corrected chi connectivity index (χ4v) is 2.59. The van der Waals surface area contributed by atoms with Gasteiger partial charge in [0.25, 0.3) is 0 Å². The van der Waals surface area contributed by atoms with E-state index in [1.54, 1.807) is 6.08 Å². The molecule has 2 atom stereocenters. The standard InChI is InChI=1S/C16H14F3NO2/c1-16(2)11(4-3-5-20)13(16)15(21)22-8-9-6-10(17)7-12(18)14(9)19/h3-4,6-7,11,13H,8H2,1-2H3/b4-3-. The number of benzene rings is 1. The minimum atomic E-state index is -1.33. The highest BCUT2D eigenvalue weighted by atomic mass is 19.2. The molecule has 1 aromatic carbocycles. The van der Waals surface area contributed by atoms with Gasteiger partial charge in [-0.25, -0.2) is 13.2 Å².